The third-order valence-corrected chi connectivity index (χ3v) is 5.24. The van der Waals surface area contributed by atoms with Crippen molar-refractivity contribution < 1.29 is 9.59 Å². The van der Waals surface area contributed by atoms with Gasteiger partial charge in [-0.15, -0.1) is 0 Å². The van der Waals surface area contributed by atoms with Crippen LogP contribution in [-0.4, -0.2) is 25.0 Å². The summed E-state index contributed by atoms with van der Waals surface area (Å²) in [6.45, 7) is 8.06. The molecule has 1 aliphatic heterocycles. The molecule has 2 N–H and O–H groups in total. The average molecular weight is 380 g/mol. The van der Waals surface area contributed by atoms with E-state index in [-0.39, 0.29) is 17.4 Å². The Bertz CT molecular complexity index is 860. The van der Waals surface area contributed by atoms with E-state index in [0.29, 0.717) is 19.5 Å². The molecule has 28 heavy (non-hydrogen) atoms. The maximum absolute atomic E-state index is 12.3. The average Bonchev–Trinajstić information content (AvgIpc) is 3.11. The highest BCUT2D eigenvalue weighted by molar-refractivity contribution is 5.95. The largest absolute Gasteiger partial charge is 0.337 e. The van der Waals surface area contributed by atoms with Gasteiger partial charge in [-0.1, -0.05) is 55.8 Å². The quantitative estimate of drug-likeness (QED) is 0.800. The topological polar surface area (TPSA) is 61.4 Å². The van der Waals surface area contributed by atoms with Crippen molar-refractivity contribution in [1.29, 1.82) is 0 Å². The van der Waals surface area contributed by atoms with Crippen LogP contribution in [0.5, 0.6) is 0 Å². The van der Waals surface area contributed by atoms with Crippen LogP contribution in [-0.2, 0) is 16.8 Å². The number of carbonyl (C=O) groups is 2. The van der Waals surface area contributed by atoms with Crippen LogP contribution in [0.1, 0.15) is 43.4 Å². The predicted octanol–water partition coefficient (Wildman–Crippen LogP) is 3.90. The van der Waals surface area contributed by atoms with Gasteiger partial charge in [-0.2, -0.15) is 0 Å². The molecule has 0 saturated carbocycles. The highest BCUT2D eigenvalue weighted by Crippen LogP contribution is 2.23. The molecule has 2 aromatic carbocycles. The SMILES string of the molecule is Cc1cccc(C(C)(C)CNC(=O)NCc2cccc(N3CCCC3=O)c2)c1. The van der Waals surface area contributed by atoms with Gasteiger partial charge in [0.15, 0.2) is 0 Å². The van der Waals surface area contributed by atoms with Gasteiger partial charge in [0.1, 0.15) is 0 Å². The van der Waals surface area contributed by atoms with Gasteiger partial charge in [-0.3, -0.25) is 4.79 Å². The molecule has 0 unspecified atom stereocenters. The lowest BCUT2D eigenvalue weighted by Gasteiger charge is -2.26. The molecule has 3 rings (SSSR count). The maximum atomic E-state index is 12.3. The lowest BCUT2D eigenvalue weighted by Crippen LogP contribution is -2.42. The van der Waals surface area contributed by atoms with Crippen LogP contribution in [0, 0.1) is 6.92 Å². The summed E-state index contributed by atoms with van der Waals surface area (Å²) >= 11 is 0. The highest BCUT2D eigenvalue weighted by atomic mass is 16.2. The number of nitrogens with one attached hydrogen (secondary N) is 2. The lowest BCUT2D eigenvalue weighted by molar-refractivity contribution is -0.117. The fourth-order valence-corrected chi connectivity index (χ4v) is 3.47. The number of anilines is 1. The predicted molar refractivity (Wildman–Crippen MR) is 112 cm³/mol. The molecule has 0 atom stereocenters. The molecule has 2 aromatic rings. The molecular formula is C23H29N3O2. The van der Waals surface area contributed by atoms with Crippen LogP contribution in [0.3, 0.4) is 0 Å². The van der Waals surface area contributed by atoms with Crippen molar-refractivity contribution in [3.8, 4) is 0 Å². The zero-order chi connectivity index (χ0) is 20.1. The molecule has 0 aliphatic carbocycles. The van der Waals surface area contributed by atoms with Gasteiger partial charge in [0.05, 0.1) is 0 Å². The molecule has 0 aromatic heterocycles. The van der Waals surface area contributed by atoms with Crippen LogP contribution in [0.2, 0.25) is 0 Å². The van der Waals surface area contributed by atoms with Gasteiger partial charge in [-0.25, -0.2) is 4.79 Å². The number of hydrogen-bond donors (Lipinski definition) is 2. The van der Waals surface area contributed by atoms with Gasteiger partial charge in [0, 0.05) is 37.2 Å². The first-order valence-electron chi connectivity index (χ1n) is 9.83. The lowest BCUT2D eigenvalue weighted by atomic mass is 9.84. The van der Waals surface area contributed by atoms with E-state index in [2.05, 4.69) is 49.6 Å². The van der Waals surface area contributed by atoms with Crippen LogP contribution in [0.15, 0.2) is 48.5 Å². The Labute approximate surface area is 167 Å². The van der Waals surface area contributed by atoms with E-state index in [1.165, 1.54) is 11.1 Å². The Morgan fingerprint density at radius 3 is 2.61 bits per heavy atom. The van der Waals surface area contributed by atoms with Crippen LogP contribution < -0.4 is 15.5 Å². The maximum Gasteiger partial charge on any atom is 0.315 e. The third kappa shape index (κ3) is 4.91. The second-order valence-electron chi connectivity index (χ2n) is 8.11. The van der Waals surface area contributed by atoms with Gasteiger partial charge in [0.25, 0.3) is 0 Å². The number of rotatable bonds is 6. The standard InChI is InChI=1S/C23H29N3O2/c1-17-7-4-9-19(13-17)23(2,3)16-25-22(28)24-15-18-8-5-10-20(14-18)26-12-6-11-21(26)27/h4-5,7-10,13-14H,6,11-12,15-16H2,1-3H3,(H2,24,25,28). The van der Waals surface area contributed by atoms with Gasteiger partial charge in [-0.05, 0) is 36.6 Å². The molecule has 0 spiro atoms. The number of aryl methyl sites for hydroxylation is 1. The van der Waals surface area contributed by atoms with E-state index in [9.17, 15) is 9.59 Å². The number of carbonyl (C=O) groups excluding carboxylic acids is 2. The van der Waals surface area contributed by atoms with E-state index < -0.39 is 0 Å². The number of amides is 3. The van der Waals surface area contributed by atoms with Crippen molar-refractivity contribution in [1.82, 2.24) is 10.6 Å². The minimum absolute atomic E-state index is 0.153. The fourth-order valence-electron chi connectivity index (χ4n) is 3.47. The summed E-state index contributed by atoms with van der Waals surface area (Å²) in [5.74, 6) is 0.168. The number of hydrogen-bond acceptors (Lipinski definition) is 2. The summed E-state index contributed by atoms with van der Waals surface area (Å²) < 4.78 is 0. The summed E-state index contributed by atoms with van der Waals surface area (Å²) in [5, 5.41) is 5.88. The Morgan fingerprint density at radius 1 is 1.11 bits per heavy atom. The molecule has 1 fully saturated rings. The molecule has 0 radical (unpaired) electrons. The smallest absolute Gasteiger partial charge is 0.315 e. The second-order valence-corrected chi connectivity index (χ2v) is 8.11. The third-order valence-electron chi connectivity index (χ3n) is 5.24. The highest BCUT2D eigenvalue weighted by Gasteiger charge is 2.22. The minimum Gasteiger partial charge on any atom is -0.337 e. The van der Waals surface area contributed by atoms with Gasteiger partial charge < -0.3 is 15.5 Å². The summed E-state index contributed by atoms with van der Waals surface area (Å²) in [6.07, 6.45) is 1.52. The van der Waals surface area contributed by atoms with E-state index in [1.54, 1.807) is 0 Å². The van der Waals surface area contributed by atoms with E-state index in [0.717, 1.165) is 24.2 Å². The zero-order valence-electron chi connectivity index (χ0n) is 16.9. The Balaban J connectivity index is 1.52. The van der Waals surface area contributed by atoms with Gasteiger partial charge in [0.2, 0.25) is 5.91 Å². The van der Waals surface area contributed by atoms with E-state index >= 15 is 0 Å². The summed E-state index contributed by atoms with van der Waals surface area (Å²) in [7, 11) is 0. The van der Waals surface area contributed by atoms with Crippen molar-refractivity contribution in [2.45, 2.75) is 45.6 Å². The molecule has 1 heterocycles. The molecule has 5 nitrogen and oxygen atoms in total. The molecule has 148 valence electrons. The molecule has 1 saturated heterocycles. The molecule has 5 heteroatoms. The minimum atomic E-state index is -0.191. The Kier molecular flexibility index (Phi) is 6.02. The van der Waals surface area contributed by atoms with Crippen molar-refractivity contribution in [3.63, 3.8) is 0 Å². The fraction of sp³-hybridized carbons (Fsp3) is 0.391. The van der Waals surface area contributed by atoms with E-state index in [4.69, 9.17) is 0 Å². The van der Waals surface area contributed by atoms with E-state index in [1.807, 2.05) is 35.2 Å². The van der Waals surface area contributed by atoms with Crippen molar-refractivity contribution in [2.75, 3.05) is 18.0 Å². The van der Waals surface area contributed by atoms with Crippen LogP contribution in [0.25, 0.3) is 0 Å². The molecular weight excluding hydrogens is 350 g/mol. The van der Waals surface area contributed by atoms with Crippen molar-refractivity contribution >= 4 is 17.6 Å². The number of urea groups is 1. The zero-order valence-corrected chi connectivity index (χ0v) is 16.9. The van der Waals surface area contributed by atoms with Crippen molar-refractivity contribution in [2.24, 2.45) is 0 Å². The summed E-state index contributed by atoms with van der Waals surface area (Å²) in [6, 6.07) is 16.0. The first-order valence-corrected chi connectivity index (χ1v) is 9.83. The first kappa shape index (κ1) is 19.9. The van der Waals surface area contributed by atoms with Crippen molar-refractivity contribution in [3.05, 3.63) is 65.2 Å². The normalized spacial score (nSPS) is 14.2. The monoisotopic (exact) mass is 379 g/mol. The van der Waals surface area contributed by atoms with Crippen LogP contribution >= 0.6 is 0 Å². The van der Waals surface area contributed by atoms with Gasteiger partial charge >= 0.3 is 6.03 Å². The summed E-state index contributed by atoms with van der Waals surface area (Å²) in [5.41, 5.74) is 4.15. The Hall–Kier alpha value is -2.82. The molecule has 1 aliphatic rings. The molecule has 0 bridgehead atoms. The second kappa shape index (κ2) is 8.46. The van der Waals surface area contributed by atoms with Crippen LogP contribution in [0.4, 0.5) is 10.5 Å². The number of benzene rings is 2. The number of nitrogens with zero attached hydrogens (tertiary/aromatic N) is 1. The molecule has 3 amide bonds. The Morgan fingerprint density at radius 2 is 1.89 bits per heavy atom. The first-order chi connectivity index (χ1) is 13.3. The summed E-state index contributed by atoms with van der Waals surface area (Å²) in [4.78, 5) is 26.0.